The Morgan fingerprint density at radius 2 is 1.25 bits per heavy atom. The standard InChI is InChI=1S/C59H68N4O/c1-37(2)41-28-50(38(3)4)56(51(29-41)39(5)6)40-19-18-20-44(27-40)62-36-61(35-54(62)59(13,14)15)45-30-43(58(10,11)12)31-47(33-45)64-46-23-24-49-48-21-16-17-22-52(48)63(53(49)34-46)55-32-42(25-26-60-55)57(7,8)9/h16-35,37-39H,1-15H3. The Kier molecular flexibility index (Phi) is 11.6. The molecule has 64 heavy (non-hydrogen) atoms. The van der Waals surface area contributed by atoms with Crippen LogP contribution in [0.5, 0.6) is 11.5 Å². The summed E-state index contributed by atoms with van der Waals surface area (Å²) in [6, 6.07) is 39.9. The van der Waals surface area contributed by atoms with E-state index < -0.39 is 0 Å². The molecule has 0 aliphatic heterocycles. The number of pyridine rings is 1. The first-order valence-electron chi connectivity index (χ1n) is 23.3. The fourth-order valence-corrected chi connectivity index (χ4v) is 8.94. The molecule has 5 heteroatoms. The van der Waals surface area contributed by atoms with Gasteiger partial charge >= 0.3 is 0 Å². The zero-order valence-electron chi connectivity index (χ0n) is 41.0. The fourth-order valence-electron chi connectivity index (χ4n) is 8.94. The summed E-state index contributed by atoms with van der Waals surface area (Å²) in [5.74, 6) is 3.69. The van der Waals surface area contributed by atoms with E-state index in [1.165, 1.54) is 50.0 Å². The SMILES string of the molecule is CC(C)c1cc(C(C)C)c(-c2cccc(-[n+]3[c-]n(-c4cc(Oc5ccc6c7ccccc7n(-c7cc(C(C)(C)C)ccn7)c6c5)cc(C(C)(C)C)c4)cc3C(C)(C)C)c2)c(C(C)C)c1. The third-order valence-corrected chi connectivity index (χ3v) is 12.8. The van der Waals surface area contributed by atoms with Gasteiger partial charge in [-0.25, -0.2) is 4.98 Å². The Balaban J connectivity index is 1.24. The topological polar surface area (TPSA) is 35.9 Å². The molecule has 0 saturated carbocycles. The number of hydrogen-bond acceptors (Lipinski definition) is 2. The van der Waals surface area contributed by atoms with E-state index in [0.717, 1.165) is 45.1 Å². The molecule has 8 rings (SSSR count). The molecule has 0 atom stereocenters. The first-order valence-corrected chi connectivity index (χ1v) is 23.3. The number of ether oxygens (including phenoxy) is 1. The van der Waals surface area contributed by atoms with Crippen LogP contribution in [0.3, 0.4) is 0 Å². The number of fused-ring (bicyclic) bond motifs is 3. The largest absolute Gasteiger partial charge is 0.458 e. The van der Waals surface area contributed by atoms with Gasteiger partial charge in [-0.15, -0.1) is 0 Å². The highest BCUT2D eigenvalue weighted by Gasteiger charge is 2.26. The van der Waals surface area contributed by atoms with Crippen molar-refractivity contribution in [2.75, 3.05) is 0 Å². The summed E-state index contributed by atoms with van der Waals surface area (Å²) in [5.41, 5.74) is 14.4. The third kappa shape index (κ3) is 8.66. The summed E-state index contributed by atoms with van der Waals surface area (Å²) in [7, 11) is 0. The highest BCUT2D eigenvalue weighted by Crippen LogP contribution is 2.41. The lowest BCUT2D eigenvalue weighted by Gasteiger charge is -2.24. The smallest absolute Gasteiger partial charge is 0.269 e. The number of imidazole rings is 1. The van der Waals surface area contributed by atoms with Crippen molar-refractivity contribution >= 4 is 21.8 Å². The highest BCUT2D eigenvalue weighted by atomic mass is 16.5. The van der Waals surface area contributed by atoms with Gasteiger partial charge in [0, 0.05) is 29.2 Å². The van der Waals surface area contributed by atoms with Crippen LogP contribution < -0.4 is 9.30 Å². The van der Waals surface area contributed by atoms with Crippen molar-refractivity contribution in [1.82, 2.24) is 14.1 Å². The molecular weight excluding hydrogens is 781 g/mol. The van der Waals surface area contributed by atoms with E-state index in [2.05, 4.69) is 239 Å². The molecular formula is C59H68N4O. The van der Waals surface area contributed by atoms with Gasteiger partial charge in [0.25, 0.3) is 6.33 Å². The van der Waals surface area contributed by atoms with E-state index in [1.54, 1.807) is 0 Å². The number of nitrogens with zero attached hydrogens (tertiary/aromatic N) is 4. The van der Waals surface area contributed by atoms with Crippen LogP contribution in [-0.4, -0.2) is 14.1 Å². The predicted octanol–water partition coefficient (Wildman–Crippen LogP) is 15.8. The lowest BCUT2D eigenvalue weighted by atomic mass is 9.81. The fraction of sp³-hybridized carbons (Fsp3) is 0.356. The molecule has 0 bridgehead atoms. The number of rotatable bonds is 9. The van der Waals surface area contributed by atoms with E-state index in [0.29, 0.717) is 17.8 Å². The molecule has 0 aliphatic carbocycles. The average Bonchev–Trinajstić information content (AvgIpc) is 3.83. The van der Waals surface area contributed by atoms with Crippen molar-refractivity contribution < 1.29 is 9.30 Å². The molecule has 0 spiro atoms. The number of benzene rings is 5. The monoisotopic (exact) mass is 849 g/mol. The van der Waals surface area contributed by atoms with Gasteiger partial charge in [0.15, 0.2) is 0 Å². The second-order valence-electron chi connectivity index (χ2n) is 21.9. The Labute approximate surface area is 382 Å². The minimum Gasteiger partial charge on any atom is -0.458 e. The molecule has 0 amide bonds. The van der Waals surface area contributed by atoms with Crippen molar-refractivity contribution in [3.8, 4) is 39.8 Å². The van der Waals surface area contributed by atoms with Crippen molar-refractivity contribution in [3.05, 3.63) is 161 Å². The van der Waals surface area contributed by atoms with Crippen LogP contribution in [0.25, 0.3) is 50.1 Å². The second kappa shape index (κ2) is 16.6. The van der Waals surface area contributed by atoms with Crippen LogP contribution in [0.15, 0.2) is 122 Å². The molecule has 5 nitrogen and oxygen atoms in total. The first-order chi connectivity index (χ1) is 30.1. The van der Waals surface area contributed by atoms with Crippen molar-refractivity contribution in [1.29, 1.82) is 0 Å². The maximum atomic E-state index is 6.92. The normalized spacial score (nSPS) is 12.7. The molecule has 0 N–H and O–H groups in total. The molecule has 0 fully saturated rings. The molecule has 5 aromatic carbocycles. The minimum atomic E-state index is -0.168. The quantitative estimate of drug-likeness (QED) is 0.107. The second-order valence-corrected chi connectivity index (χ2v) is 21.9. The van der Waals surface area contributed by atoms with Gasteiger partial charge in [-0.1, -0.05) is 146 Å². The predicted molar refractivity (Wildman–Crippen MR) is 269 cm³/mol. The van der Waals surface area contributed by atoms with Gasteiger partial charge in [0.1, 0.15) is 17.3 Å². The summed E-state index contributed by atoms with van der Waals surface area (Å²) in [4.78, 5) is 4.91. The van der Waals surface area contributed by atoms with E-state index in [1.807, 2.05) is 6.20 Å². The van der Waals surface area contributed by atoms with E-state index in [9.17, 15) is 0 Å². The van der Waals surface area contributed by atoms with Gasteiger partial charge in [0.2, 0.25) is 0 Å². The van der Waals surface area contributed by atoms with Crippen LogP contribution in [0.4, 0.5) is 0 Å². The Morgan fingerprint density at radius 3 is 1.89 bits per heavy atom. The van der Waals surface area contributed by atoms with Crippen molar-refractivity contribution in [2.45, 2.75) is 138 Å². The van der Waals surface area contributed by atoms with Gasteiger partial charge in [-0.2, -0.15) is 0 Å². The van der Waals surface area contributed by atoms with Crippen molar-refractivity contribution in [2.24, 2.45) is 0 Å². The molecule has 0 aliphatic rings. The Hall–Kier alpha value is -5.94. The average molecular weight is 849 g/mol. The van der Waals surface area contributed by atoms with Gasteiger partial charge < -0.3 is 4.74 Å². The summed E-state index contributed by atoms with van der Waals surface area (Å²) in [6.45, 7) is 34.2. The number of aromatic nitrogens is 4. The lowest BCUT2D eigenvalue weighted by Crippen LogP contribution is -2.38. The maximum absolute atomic E-state index is 6.92. The molecule has 0 saturated heterocycles. The summed E-state index contributed by atoms with van der Waals surface area (Å²) < 4.78 is 13.6. The summed E-state index contributed by atoms with van der Waals surface area (Å²) >= 11 is 0. The van der Waals surface area contributed by atoms with Crippen LogP contribution in [0.2, 0.25) is 0 Å². The van der Waals surface area contributed by atoms with E-state index in [4.69, 9.17) is 9.72 Å². The molecule has 8 aromatic rings. The van der Waals surface area contributed by atoms with E-state index >= 15 is 0 Å². The first kappa shape index (κ1) is 44.7. The summed E-state index contributed by atoms with van der Waals surface area (Å²) in [6.07, 6.45) is 7.99. The van der Waals surface area contributed by atoms with Crippen LogP contribution in [0, 0.1) is 6.33 Å². The van der Waals surface area contributed by atoms with Crippen LogP contribution >= 0.6 is 0 Å². The molecule has 0 radical (unpaired) electrons. The molecule has 3 heterocycles. The lowest BCUT2D eigenvalue weighted by molar-refractivity contribution is -0.611. The summed E-state index contributed by atoms with van der Waals surface area (Å²) in [5, 5.41) is 2.35. The van der Waals surface area contributed by atoms with Crippen molar-refractivity contribution in [3.63, 3.8) is 0 Å². The zero-order valence-corrected chi connectivity index (χ0v) is 41.0. The molecule has 330 valence electrons. The Bertz CT molecular complexity index is 2980. The third-order valence-electron chi connectivity index (χ3n) is 12.8. The highest BCUT2D eigenvalue weighted by molar-refractivity contribution is 6.09. The number of para-hydroxylation sites is 1. The van der Waals surface area contributed by atoms with Crippen LogP contribution in [-0.2, 0) is 16.2 Å². The van der Waals surface area contributed by atoms with Crippen LogP contribution in [0.1, 0.15) is 155 Å². The number of hydrogen-bond donors (Lipinski definition) is 0. The van der Waals surface area contributed by atoms with Gasteiger partial charge in [-0.05, 0) is 134 Å². The van der Waals surface area contributed by atoms with Gasteiger partial charge in [0.05, 0.1) is 28.1 Å². The Morgan fingerprint density at radius 1 is 0.578 bits per heavy atom. The zero-order chi connectivity index (χ0) is 46.0. The minimum absolute atomic E-state index is 0.0102. The van der Waals surface area contributed by atoms with E-state index in [-0.39, 0.29) is 16.2 Å². The molecule has 0 unspecified atom stereocenters. The maximum Gasteiger partial charge on any atom is 0.269 e. The molecule has 3 aromatic heterocycles. The van der Waals surface area contributed by atoms with Gasteiger partial charge in [-0.3, -0.25) is 13.7 Å².